The highest BCUT2D eigenvalue weighted by molar-refractivity contribution is 9.10. The highest BCUT2D eigenvalue weighted by Crippen LogP contribution is 2.27. The number of amides is 1. The van der Waals surface area contributed by atoms with Crippen molar-refractivity contribution in [2.75, 3.05) is 6.54 Å². The average molecular weight is 286 g/mol. The van der Waals surface area contributed by atoms with Crippen LogP contribution >= 0.6 is 15.9 Å². The van der Waals surface area contributed by atoms with Gasteiger partial charge in [0.1, 0.15) is 5.82 Å². The number of rotatable bonds is 4. The molecular weight excluding hydrogens is 273 g/mol. The molecule has 16 heavy (non-hydrogen) atoms. The second-order valence-electron chi connectivity index (χ2n) is 4.16. The van der Waals surface area contributed by atoms with E-state index < -0.39 is 0 Å². The number of carbonyl (C=O) groups excluding carboxylic acids is 1. The average Bonchev–Trinajstić information content (AvgIpc) is 3.03. The normalized spacial score (nSPS) is 14.9. The van der Waals surface area contributed by atoms with Gasteiger partial charge in [-0.2, -0.15) is 0 Å². The summed E-state index contributed by atoms with van der Waals surface area (Å²) in [6, 6.07) is 4.38. The second-order valence-corrected chi connectivity index (χ2v) is 5.01. The summed E-state index contributed by atoms with van der Waals surface area (Å²) in [7, 11) is 0. The van der Waals surface area contributed by atoms with E-state index >= 15 is 0 Å². The van der Waals surface area contributed by atoms with Gasteiger partial charge in [0, 0.05) is 11.0 Å². The Morgan fingerprint density at radius 2 is 2.25 bits per heavy atom. The third kappa shape index (κ3) is 3.30. The minimum absolute atomic E-state index is 0.000733. The van der Waals surface area contributed by atoms with Crippen LogP contribution in [0.5, 0.6) is 0 Å². The first-order chi connectivity index (χ1) is 7.65. The summed E-state index contributed by atoms with van der Waals surface area (Å²) in [5.41, 5.74) is 0.815. The molecule has 2 nitrogen and oxygen atoms in total. The molecule has 1 aromatic carbocycles. The highest BCUT2D eigenvalue weighted by Gasteiger charge is 2.21. The Morgan fingerprint density at radius 1 is 1.50 bits per heavy atom. The third-order valence-corrected chi connectivity index (χ3v) is 3.39. The van der Waals surface area contributed by atoms with E-state index in [-0.39, 0.29) is 11.7 Å². The van der Waals surface area contributed by atoms with Gasteiger partial charge in [-0.15, -0.1) is 0 Å². The van der Waals surface area contributed by atoms with Crippen molar-refractivity contribution in [2.24, 2.45) is 5.92 Å². The van der Waals surface area contributed by atoms with E-state index in [0.29, 0.717) is 16.8 Å². The van der Waals surface area contributed by atoms with Crippen molar-refractivity contribution in [3.63, 3.8) is 0 Å². The zero-order valence-electron chi connectivity index (χ0n) is 8.80. The molecule has 1 N–H and O–H groups in total. The Labute approximate surface area is 102 Å². The Kier molecular flexibility index (Phi) is 3.59. The molecule has 0 bridgehead atoms. The van der Waals surface area contributed by atoms with Crippen LogP contribution < -0.4 is 5.32 Å². The van der Waals surface area contributed by atoms with E-state index in [4.69, 9.17) is 0 Å². The van der Waals surface area contributed by atoms with Crippen molar-refractivity contribution in [1.29, 1.82) is 0 Å². The van der Waals surface area contributed by atoms with Gasteiger partial charge in [0.2, 0.25) is 5.91 Å². The van der Waals surface area contributed by atoms with Crippen LogP contribution in [0.15, 0.2) is 22.7 Å². The lowest BCUT2D eigenvalue weighted by Gasteiger charge is -2.06. The van der Waals surface area contributed by atoms with E-state index in [1.807, 2.05) is 0 Å². The molecule has 0 radical (unpaired) electrons. The minimum atomic E-state index is -0.297. The number of carbonyl (C=O) groups is 1. The molecule has 1 aliphatic carbocycles. The molecule has 0 aromatic heterocycles. The van der Waals surface area contributed by atoms with Crippen LogP contribution in [0.1, 0.15) is 18.4 Å². The monoisotopic (exact) mass is 285 g/mol. The predicted molar refractivity (Wildman–Crippen MR) is 63.5 cm³/mol. The van der Waals surface area contributed by atoms with Crippen molar-refractivity contribution in [2.45, 2.75) is 19.3 Å². The third-order valence-electron chi connectivity index (χ3n) is 2.65. The Balaban J connectivity index is 1.89. The van der Waals surface area contributed by atoms with Crippen molar-refractivity contribution in [3.05, 3.63) is 34.1 Å². The number of benzene rings is 1. The van der Waals surface area contributed by atoms with Gasteiger partial charge in [-0.25, -0.2) is 4.39 Å². The Morgan fingerprint density at radius 3 is 2.88 bits per heavy atom. The van der Waals surface area contributed by atoms with Crippen LogP contribution in [0, 0.1) is 11.7 Å². The molecule has 4 heteroatoms. The van der Waals surface area contributed by atoms with Gasteiger partial charge in [0.05, 0.1) is 6.42 Å². The van der Waals surface area contributed by atoms with Crippen molar-refractivity contribution < 1.29 is 9.18 Å². The molecule has 0 atom stereocenters. The van der Waals surface area contributed by atoms with Crippen LogP contribution in [-0.2, 0) is 11.2 Å². The lowest BCUT2D eigenvalue weighted by molar-refractivity contribution is -0.120. The first kappa shape index (κ1) is 11.6. The maximum absolute atomic E-state index is 12.8. The molecule has 0 unspecified atom stereocenters. The quantitative estimate of drug-likeness (QED) is 0.905. The van der Waals surface area contributed by atoms with E-state index in [2.05, 4.69) is 21.2 Å². The SMILES string of the molecule is O=C(Cc1ccc(F)cc1Br)NCC1CC1. The fourth-order valence-corrected chi connectivity index (χ4v) is 1.97. The van der Waals surface area contributed by atoms with Crippen molar-refractivity contribution >= 4 is 21.8 Å². The summed E-state index contributed by atoms with van der Waals surface area (Å²) in [5.74, 6) is 0.383. The molecule has 1 saturated carbocycles. The van der Waals surface area contributed by atoms with E-state index in [1.54, 1.807) is 6.07 Å². The molecule has 1 aromatic rings. The van der Waals surface area contributed by atoms with Crippen LogP contribution in [0.4, 0.5) is 4.39 Å². The van der Waals surface area contributed by atoms with E-state index in [9.17, 15) is 9.18 Å². The first-order valence-electron chi connectivity index (χ1n) is 5.36. The maximum atomic E-state index is 12.8. The standard InChI is InChI=1S/C12H13BrFNO/c13-11-6-10(14)4-3-9(11)5-12(16)15-7-8-1-2-8/h3-4,6,8H,1-2,5,7H2,(H,15,16). The minimum Gasteiger partial charge on any atom is -0.356 e. The molecule has 0 saturated heterocycles. The fourth-order valence-electron chi connectivity index (χ4n) is 1.48. The predicted octanol–water partition coefficient (Wildman–Crippen LogP) is 2.66. The van der Waals surface area contributed by atoms with Crippen LogP contribution in [-0.4, -0.2) is 12.5 Å². The number of hydrogen-bond donors (Lipinski definition) is 1. The molecule has 1 amide bonds. The summed E-state index contributed by atoms with van der Waals surface area (Å²) in [5, 5.41) is 2.88. The smallest absolute Gasteiger partial charge is 0.224 e. The molecule has 0 aliphatic heterocycles. The van der Waals surface area contributed by atoms with Crippen LogP contribution in [0.3, 0.4) is 0 Å². The number of hydrogen-bond acceptors (Lipinski definition) is 1. The van der Waals surface area contributed by atoms with Gasteiger partial charge < -0.3 is 5.32 Å². The zero-order valence-corrected chi connectivity index (χ0v) is 10.4. The van der Waals surface area contributed by atoms with Gasteiger partial charge in [-0.3, -0.25) is 4.79 Å². The zero-order chi connectivity index (χ0) is 11.5. The molecule has 1 aliphatic rings. The van der Waals surface area contributed by atoms with Crippen LogP contribution in [0.25, 0.3) is 0 Å². The Bertz CT molecular complexity index is 404. The second kappa shape index (κ2) is 4.95. The maximum Gasteiger partial charge on any atom is 0.224 e. The molecule has 86 valence electrons. The molecule has 0 spiro atoms. The van der Waals surface area contributed by atoms with Gasteiger partial charge in [0.15, 0.2) is 0 Å². The topological polar surface area (TPSA) is 29.1 Å². The Hall–Kier alpha value is -0.900. The lowest BCUT2D eigenvalue weighted by atomic mass is 10.1. The fraction of sp³-hybridized carbons (Fsp3) is 0.417. The summed E-state index contributed by atoms with van der Waals surface area (Å²) in [6.07, 6.45) is 2.74. The van der Waals surface area contributed by atoms with Gasteiger partial charge in [-0.1, -0.05) is 22.0 Å². The van der Waals surface area contributed by atoms with Gasteiger partial charge >= 0.3 is 0 Å². The number of halogens is 2. The molecular formula is C12H13BrFNO. The van der Waals surface area contributed by atoms with Gasteiger partial charge in [0.25, 0.3) is 0 Å². The van der Waals surface area contributed by atoms with E-state index in [0.717, 1.165) is 12.1 Å². The van der Waals surface area contributed by atoms with Crippen molar-refractivity contribution in [1.82, 2.24) is 5.32 Å². The molecule has 2 rings (SSSR count). The van der Waals surface area contributed by atoms with Crippen LogP contribution in [0.2, 0.25) is 0 Å². The van der Waals surface area contributed by atoms with Crippen molar-refractivity contribution in [3.8, 4) is 0 Å². The summed E-state index contributed by atoms with van der Waals surface area (Å²) in [6.45, 7) is 0.775. The molecule has 1 fully saturated rings. The highest BCUT2D eigenvalue weighted by atomic mass is 79.9. The van der Waals surface area contributed by atoms with E-state index in [1.165, 1.54) is 25.0 Å². The van der Waals surface area contributed by atoms with Gasteiger partial charge in [-0.05, 0) is 36.5 Å². The summed E-state index contributed by atoms with van der Waals surface area (Å²) >= 11 is 3.25. The summed E-state index contributed by atoms with van der Waals surface area (Å²) in [4.78, 5) is 11.6. The largest absolute Gasteiger partial charge is 0.356 e. The lowest BCUT2D eigenvalue weighted by Crippen LogP contribution is -2.27. The molecule has 0 heterocycles. The number of nitrogens with one attached hydrogen (secondary N) is 1. The first-order valence-corrected chi connectivity index (χ1v) is 6.15. The summed E-state index contributed by atoms with van der Waals surface area (Å²) < 4.78 is 13.5.